The lowest BCUT2D eigenvalue weighted by Crippen LogP contribution is -2.26. The summed E-state index contributed by atoms with van der Waals surface area (Å²) in [6.07, 6.45) is -0.614. The number of benzene rings is 2. The second-order valence-corrected chi connectivity index (χ2v) is 7.02. The van der Waals surface area contributed by atoms with Crippen molar-refractivity contribution in [3.8, 4) is 0 Å². The Morgan fingerprint density at radius 3 is 2.00 bits per heavy atom. The maximum absolute atomic E-state index is 12.6. The van der Waals surface area contributed by atoms with E-state index in [4.69, 9.17) is 0 Å². The fraction of sp³-hybridized carbons (Fsp3) is 0.250. The monoisotopic (exact) mass is 305 g/mol. The summed E-state index contributed by atoms with van der Waals surface area (Å²) in [7, 11) is -2.07. The fourth-order valence-electron chi connectivity index (χ4n) is 1.97. The van der Waals surface area contributed by atoms with Gasteiger partial charge in [0.15, 0.2) is 0 Å². The molecule has 1 unspecified atom stereocenters. The zero-order valence-corrected chi connectivity index (χ0v) is 13.1. The minimum Gasteiger partial charge on any atom is -0.389 e. The van der Waals surface area contributed by atoms with Gasteiger partial charge in [0.1, 0.15) is 0 Å². The number of aliphatic hydroxyl groups is 1. The Morgan fingerprint density at radius 1 is 1.00 bits per heavy atom. The van der Waals surface area contributed by atoms with Crippen LogP contribution in [0.25, 0.3) is 0 Å². The third kappa shape index (κ3) is 3.25. The van der Waals surface area contributed by atoms with Crippen molar-refractivity contribution in [2.24, 2.45) is 0 Å². The van der Waals surface area contributed by atoms with E-state index in [0.717, 1.165) is 5.56 Å². The summed E-state index contributed by atoms with van der Waals surface area (Å²) in [5.41, 5.74) is 2.37. The highest BCUT2D eigenvalue weighted by atomic mass is 32.2. The molecule has 0 fully saturated rings. The summed E-state index contributed by atoms with van der Waals surface area (Å²) in [4.78, 5) is 0.204. The molecule has 0 aliphatic heterocycles. The first-order valence-corrected chi connectivity index (χ1v) is 8.10. The van der Waals surface area contributed by atoms with Gasteiger partial charge < -0.3 is 5.11 Å². The van der Waals surface area contributed by atoms with Gasteiger partial charge >= 0.3 is 0 Å². The van der Waals surface area contributed by atoms with E-state index in [-0.39, 0.29) is 4.90 Å². The molecule has 21 heavy (non-hydrogen) atoms. The van der Waals surface area contributed by atoms with Gasteiger partial charge in [-0.05, 0) is 43.7 Å². The number of hydrogen-bond donors (Lipinski definition) is 1. The molecule has 0 spiro atoms. The molecule has 1 N–H and O–H groups in total. The van der Waals surface area contributed by atoms with Crippen molar-refractivity contribution in [3.63, 3.8) is 0 Å². The summed E-state index contributed by atoms with van der Waals surface area (Å²) >= 11 is 0. The number of aliphatic hydroxyl groups excluding tert-OH is 1. The highest BCUT2D eigenvalue weighted by Crippen LogP contribution is 2.23. The van der Waals surface area contributed by atoms with Crippen molar-refractivity contribution < 1.29 is 13.5 Å². The Labute approximate surface area is 125 Å². The van der Waals surface area contributed by atoms with Crippen molar-refractivity contribution in [1.82, 2.24) is 0 Å². The van der Waals surface area contributed by atoms with Crippen LogP contribution < -0.4 is 4.31 Å². The number of hydrogen-bond acceptors (Lipinski definition) is 3. The first-order valence-electron chi connectivity index (χ1n) is 6.66. The molecule has 1 atom stereocenters. The predicted molar refractivity (Wildman–Crippen MR) is 83.8 cm³/mol. The molecule has 0 aliphatic carbocycles. The van der Waals surface area contributed by atoms with Gasteiger partial charge in [0.25, 0.3) is 10.0 Å². The second-order valence-electron chi connectivity index (χ2n) is 5.05. The predicted octanol–water partition coefficient (Wildman–Crippen LogP) is 2.87. The number of rotatable bonds is 4. The number of anilines is 1. The van der Waals surface area contributed by atoms with Gasteiger partial charge in [0.2, 0.25) is 0 Å². The smallest absolute Gasteiger partial charge is 0.264 e. The van der Waals surface area contributed by atoms with E-state index in [0.29, 0.717) is 11.3 Å². The van der Waals surface area contributed by atoms with Crippen LogP contribution in [0.3, 0.4) is 0 Å². The van der Waals surface area contributed by atoms with Crippen LogP contribution in [0.15, 0.2) is 53.4 Å². The van der Waals surface area contributed by atoms with Crippen molar-refractivity contribution in [3.05, 3.63) is 59.7 Å². The Morgan fingerprint density at radius 2 is 1.52 bits per heavy atom. The number of aryl methyl sites for hydroxylation is 1. The summed E-state index contributed by atoms with van der Waals surface area (Å²) in [6.45, 7) is 3.59. The quantitative estimate of drug-likeness (QED) is 0.945. The van der Waals surface area contributed by atoms with E-state index in [2.05, 4.69) is 0 Å². The van der Waals surface area contributed by atoms with E-state index in [9.17, 15) is 13.5 Å². The van der Waals surface area contributed by atoms with Crippen LogP contribution in [0.1, 0.15) is 24.2 Å². The third-order valence-corrected chi connectivity index (χ3v) is 5.22. The molecule has 2 aromatic rings. The number of nitrogens with zero attached hydrogens (tertiary/aromatic N) is 1. The lowest BCUT2D eigenvalue weighted by Gasteiger charge is -2.20. The van der Waals surface area contributed by atoms with Crippen LogP contribution in [0.5, 0.6) is 0 Å². The molecule has 0 aromatic heterocycles. The Kier molecular flexibility index (Phi) is 4.34. The molecule has 0 aliphatic rings. The Bertz CT molecular complexity index is 704. The highest BCUT2D eigenvalue weighted by Gasteiger charge is 2.21. The molecular formula is C16H19NO3S. The molecule has 0 saturated carbocycles. The van der Waals surface area contributed by atoms with Crippen molar-refractivity contribution in [2.75, 3.05) is 11.4 Å². The van der Waals surface area contributed by atoms with Crippen LogP contribution in [-0.2, 0) is 10.0 Å². The molecular weight excluding hydrogens is 286 g/mol. The van der Waals surface area contributed by atoms with Gasteiger partial charge in [0, 0.05) is 7.05 Å². The number of sulfonamides is 1. The van der Waals surface area contributed by atoms with Gasteiger partial charge in [-0.15, -0.1) is 0 Å². The van der Waals surface area contributed by atoms with Gasteiger partial charge in [-0.3, -0.25) is 4.31 Å². The van der Waals surface area contributed by atoms with Crippen LogP contribution in [0.4, 0.5) is 5.69 Å². The summed E-state index contributed by atoms with van der Waals surface area (Å²) < 4.78 is 26.4. The van der Waals surface area contributed by atoms with E-state index in [1.807, 2.05) is 19.1 Å². The van der Waals surface area contributed by atoms with E-state index < -0.39 is 16.1 Å². The highest BCUT2D eigenvalue weighted by molar-refractivity contribution is 7.92. The lowest BCUT2D eigenvalue weighted by atomic mass is 10.1. The topological polar surface area (TPSA) is 57.6 Å². The minimum absolute atomic E-state index is 0.204. The van der Waals surface area contributed by atoms with Crippen LogP contribution in [0, 0.1) is 6.92 Å². The van der Waals surface area contributed by atoms with Gasteiger partial charge in [-0.1, -0.05) is 29.8 Å². The molecule has 4 nitrogen and oxygen atoms in total. The standard InChI is InChI=1S/C16H19NO3S/c1-12-4-8-15(9-5-12)17(3)21(19,20)16-10-6-14(7-11-16)13(2)18/h4-11,13,18H,1-3H3. The van der Waals surface area contributed by atoms with Crippen LogP contribution in [-0.4, -0.2) is 20.6 Å². The lowest BCUT2D eigenvalue weighted by molar-refractivity contribution is 0.199. The fourth-order valence-corrected chi connectivity index (χ4v) is 3.17. The van der Waals surface area contributed by atoms with E-state index in [1.54, 1.807) is 31.2 Å². The molecule has 0 radical (unpaired) electrons. The van der Waals surface area contributed by atoms with Gasteiger partial charge in [-0.25, -0.2) is 8.42 Å². The maximum Gasteiger partial charge on any atom is 0.264 e. The molecule has 0 saturated heterocycles. The van der Waals surface area contributed by atoms with Gasteiger partial charge in [-0.2, -0.15) is 0 Å². The molecule has 5 heteroatoms. The molecule has 2 rings (SSSR count). The zero-order valence-electron chi connectivity index (χ0n) is 12.3. The first-order chi connectivity index (χ1) is 9.82. The summed E-state index contributed by atoms with van der Waals surface area (Å²) in [5, 5.41) is 9.47. The largest absolute Gasteiger partial charge is 0.389 e. The van der Waals surface area contributed by atoms with Gasteiger partial charge in [0.05, 0.1) is 16.7 Å². The average molecular weight is 305 g/mol. The van der Waals surface area contributed by atoms with Crippen LogP contribution >= 0.6 is 0 Å². The zero-order chi connectivity index (χ0) is 15.6. The molecule has 0 heterocycles. The maximum atomic E-state index is 12.6. The van der Waals surface area contributed by atoms with E-state index >= 15 is 0 Å². The molecule has 112 valence electrons. The third-order valence-electron chi connectivity index (χ3n) is 3.42. The first kappa shape index (κ1) is 15.5. The van der Waals surface area contributed by atoms with Crippen LogP contribution in [0.2, 0.25) is 0 Å². The summed E-state index contributed by atoms with van der Waals surface area (Å²) in [6, 6.07) is 13.6. The Balaban J connectivity index is 2.34. The Hall–Kier alpha value is -1.85. The molecule has 0 amide bonds. The average Bonchev–Trinajstić information content (AvgIpc) is 2.47. The SMILES string of the molecule is Cc1ccc(N(C)S(=O)(=O)c2ccc(C(C)O)cc2)cc1. The molecule has 0 bridgehead atoms. The minimum atomic E-state index is -3.60. The van der Waals surface area contributed by atoms with Crippen molar-refractivity contribution in [1.29, 1.82) is 0 Å². The molecule has 2 aromatic carbocycles. The second kappa shape index (κ2) is 5.87. The van der Waals surface area contributed by atoms with Crippen molar-refractivity contribution in [2.45, 2.75) is 24.8 Å². The van der Waals surface area contributed by atoms with E-state index in [1.165, 1.54) is 23.5 Å². The normalized spacial score (nSPS) is 13.0. The van der Waals surface area contributed by atoms with Crippen molar-refractivity contribution >= 4 is 15.7 Å². The summed E-state index contributed by atoms with van der Waals surface area (Å²) in [5.74, 6) is 0.